The minimum absolute atomic E-state index is 0.197. The lowest BCUT2D eigenvalue weighted by atomic mass is 10.1. The number of aryl methyl sites for hydroxylation is 1. The van der Waals surface area contributed by atoms with Crippen LogP contribution in [0, 0.1) is 5.92 Å². The molecule has 18 heavy (non-hydrogen) atoms. The highest BCUT2D eigenvalue weighted by Gasteiger charge is 2.25. The molecule has 0 radical (unpaired) electrons. The lowest BCUT2D eigenvalue weighted by Gasteiger charge is -2.34. The number of nitrogens with zero attached hydrogens (tertiary/aromatic N) is 3. The fourth-order valence-electron chi connectivity index (χ4n) is 2.38. The molecule has 5 nitrogen and oxygen atoms in total. The van der Waals surface area contributed by atoms with Crippen molar-refractivity contribution in [3.05, 3.63) is 18.0 Å². The van der Waals surface area contributed by atoms with Gasteiger partial charge in [-0.25, -0.2) is 0 Å². The van der Waals surface area contributed by atoms with E-state index in [0.29, 0.717) is 12.3 Å². The molecule has 0 spiro atoms. The molecule has 1 aliphatic heterocycles. The van der Waals surface area contributed by atoms with Crippen LogP contribution in [0.2, 0.25) is 0 Å². The number of hydrogen-bond donors (Lipinski definition) is 1. The summed E-state index contributed by atoms with van der Waals surface area (Å²) >= 11 is 0. The first-order chi connectivity index (χ1) is 8.58. The first-order valence-electron chi connectivity index (χ1n) is 6.57. The lowest BCUT2D eigenvalue weighted by molar-refractivity contribution is -0.133. The molecule has 5 heteroatoms. The van der Waals surface area contributed by atoms with Crippen molar-refractivity contribution in [2.45, 2.75) is 26.3 Å². The molecule has 0 saturated carbocycles. The summed E-state index contributed by atoms with van der Waals surface area (Å²) in [5.74, 6) is 0.682. The van der Waals surface area contributed by atoms with E-state index in [1.54, 1.807) is 6.20 Å². The molecular formula is C13H22N4O. The highest BCUT2D eigenvalue weighted by Crippen LogP contribution is 2.17. The van der Waals surface area contributed by atoms with E-state index in [4.69, 9.17) is 0 Å². The molecule has 1 amide bonds. The normalized spacial score (nSPS) is 20.4. The van der Waals surface area contributed by atoms with Gasteiger partial charge in [-0.1, -0.05) is 13.8 Å². The third-order valence-electron chi connectivity index (χ3n) is 3.33. The minimum atomic E-state index is 0.197. The van der Waals surface area contributed by atoms with E-state index in [1.165, 1.54) is 0 Å². The number of carbonyl (C=O) groups is 1. The molecule has 1 N–H and O–H groups in total. The van der Waals surface area contributed by atoms with Gasteiger partial charge in [0.25, 0.3) is 0 Å². The molecule has 1 atom stereocenters. The largest absolute Gasteiger partial charge is 0.339 e. The van der Waals surface area contributed by atoms with Crippen molar-refractivity contribution in [3.63, 3.8) is 0 Å². The van der Waals surface area contributed by atoms with Gasteiger partial charge in [-0.05, 0) is 12.0 Å². The zero-order valence-corrected chi connectivity index (χ0v) is 11.4. The van der Waals surface area contributed by atoms with Crippen molar-refractivity contribution < 1.29 is 4.79 Å². The fourth-order valence-corrected chi connectivity index (χ4v) is 2.38. The minimum Gasteiger partial charge on any atom is -0.339 e. The second kappa shape index (κ2) is 5.52. The number of amides is 1. The summed E-state index contributed by atoms with van der Waals surface area (Å²) in [6, 6.07) is 2.20. The molecule has 0 bridgehead atoms. The van der Waals surface area contributed by atoms with Crippen molar-refractivity contribution >= 4 is 5.91 Å². The van der Waals surface area contributed by atoms with Crippen LogP contribution >= 0.6 is 0 Å². The van der Waals surface area contributed by atoms with Crippen molar-refractivity contribution in [1.82, 2.24) is 20.0 Å². The SMILES string of the molecule is CC(C)CC(=O)N1CCNC(c2ccnn2C)C1. The van der Waals surface area contributed by atoms with E-state index < -0.39 is 0 Å². The average molecular weight is 250 g/mol. The van der Waals surface area contributed by atoms with Crippen LogP contribution in [0.4, 0.5) is 0 Å². The van der Waals surface area contributed by atoms with Crippen molar-refractivity contribution in [1.29, 1.82) is 0 Å². The Morgan fingerprint density at radius 2 is 2.39 bits per heavy atom. The third-order valence-corrected chi connectivity index (χ3v) is 3.33. The van der Waals surface area contributed by atoms with Gasteiger partial charge >= 0.3 is 0 Å². The second-order valence-electron chi connectivity index (χ2n) is 5.32. The summed E-state index contributed by atoms with van der Waals surface area (Å²) in [4.78, 5) is 14.1. The molecule has 100 valence electrons. The van der Waals surface area contributed by atoms with Crippen LogP contribution in [0.3, 0.4) is 0 Å². The Labute approximate surface area is 108 Å². The van der Waals surface area contributed by atoms with Gasteiger partial charge in [0.2, 0.25) is 5.91 Å². The van der Waals surface area contributed by atoms with Gasteiger partial charge in [-0.3, -0.25) is 9.48 Å². The monoisotopic (exact) mass is 250 g/mol. The number of nitrogens with one attached hydrogen (secondary N) is 1. The molecule has 1 saturated heterocycles. The van der Waals surface area contributed by atoms with E-state index in [9.17, 15) is 4.79 Å². The molecule has 1 fully saturated rings. The standard InChI is InChI=1S/C13H22N4O/c1-10(2)8-13(18)17-7-6-14-11(9-17)12-4-5-15-16(12)3/h4-5,10-11,14H,6-9H2,1-3H3. The second-order valence-corrected chi connectivity index (χ2v) is 5.32. The molecule has 1 aliphatic rings. The van der Waals surface area contributed by atoms with Gasteiger partial charge in [-0.2, -0.15) is 5.10 Å². The molecule has 1 aromatic heterocycles. The van der Waals surface area contributed by atoms with Gasteiger partial charge in [0, 0.05) is 39.3 Å². The topological polar surface area (TPSA) is 50.2 Å². The first-order valence-corrected chi connectivity index (χ1v) is 6.57. The van der Waals surface area contributed by atoms with Gasteiger partial charge < -0.3 is 10.2 Å². The van der Waals surface area contributed by atoms with E-state index in [2.05, 4.69) is 24.3 Å². The van der Waals surface area contributed by atoms with Crippen LogP contribution < -0.4 is 5.32 Å². The Balaban J connectivity index is 2.01. The summed E-state index contributed by atoms with van der Waals surface area (Å²) in [5.41, 5.74) is 1.14. The maximum Gasteiger partial charge on any atom is 0.222 e. The fraction of sp³-hybridized carbons (Fsp3) is 0.692. The molecular weight excluding hydrogens is 228 g/mol. The predicted octanol–water partition coefficient (Wildman–Crippen LogP) is 0.939. The summed E-state index contributed by atoms with van der Waals surface area (Å²) in [7, 11) is 1.94. The zero-order chi connectivity index (χ0) is 13.1. The van der Waals surface area contributed by atoms with E-state index in [1.807, 2.05) is 22.7 Å². The quantitative estimate of drug-likeness (QED) is 0.868. The maximum atomic E-state index is 12.1. The van der Waals surface area contributed by atoms with E-state index >= 15 is 0 Å². The highest BCUT2D eigenvalue weighted by atomic mass is 16.2. The molecule has 0 aliphatic carbocycles. The number of hydrogen-bond acceptors (Lipinski definition) is 3. The Morgan fingerprint density at radius 3 is 3.00 bits per heavy atom. The predicted molar refractivity (Wildman–Crippen MR) is 70.0 cm³/mol. The maximum absolute atomic E-state index is 12.1. The average Bonchev–Trinajstić information content (AvgIpc) is 2.75. The summed E-state index contributed by atoms with van der Waals surface area (Å²) < 4.78 is 1.87. The Morgan fingerprint density at radius 1 is 1.61 bits per heavy atom. The Kier molecular flexibility index (Phi) is 4.01. The smallest absolute Gasteiger partial charge is 0.222 e. The van der Waals surface area contributed by atoms with Crippen molar-refractivity contribution in [3.8, 4) is 0 Å². The van der Waals surface area contributed by atoms with Crippen molar-refractivity contribution in [2.75, 3.05) is 19.6 Å². The number of piperazine rings is 1. The van der Waals surface area contributed by atoms with Crippen LogP contribution in [0.25, 0.3) is 0 Å². The zero-order valence-electron chi connectivity index (χ0n) is 11.4. The van der Waals surface area contributed by atoms with Crippen LogP contribution in [-0.2, 0) is 11.8 Å². The summed E-state index contributed by atoms with van der Waals surface area (Å²) in [5, 5.41) is 7.63. The summed E-state index contributed by atoms with van der Waals surface area (Å²) in [6.07, 6.45) is 2.43. The van der Waals surface area contributed by atoms with E-state index in [0.717, 1.165) is 25.3 Å². The Hall–Kier alpha value is -1.36. The molecule has 2 heterocycles. The van der Waals surface area contributed by atoms with Gasteiger partial charge in [-0.15, -0.1) is 0 Å². The third kappa shape index (κ3) is 2.90. The Bertz CT molecular complexity index is 413. The number of aromatic nitrogens is 2. The number of rotatable bonds is 3. The molecule has 1 unspecified atom stereocenters. The molecule has 0 aromatic carbocycles. The van der Waals surface area contributed by atoms with Crippen LogP contribution in [0.1, 0.15) is 32.0 Å². The van der Waals surface area contributed by atoms with Crippen LogP contribution in [0.5, 0.6) is 0 Å². The van der Waals surface area contributed by atoms with E-state index in [-0.39, 0.29) is 11.9 Å². The summed E-state index contributed by atoms with van der Waals surface area (Å²) in [6.45, 7) is 6.56. The molecule has 2 rings (SSSR count). The van der Waals surface area contributed by atoms with Crippen LogP contribution in [0.15, 0.2) is 12.3 Å². The van der Waals surface area contributed by atoms with Gasteiger partial charge in [0.1, 0.15) is 0 Å². The van der Waals surface area contributed by atoms with Crippen molar-refractivity contribution in [2.24, 2.45) is 13.0 Å². The van der Waals surface area contributed by atoms with Gasteiger partial charge in [0.05, 0.1) is 11.7 Å². The first kappa shape index (κ1) is 13.1. The molecule has 1 aromatic rings. The highest BCUT2D eigenvalue weighted by molar-refractivity contribution is 5.76. The van der Waals surface area contributed by atoms with Gasteiger partial charge in [0.15, 0.2) is 0 Å². The van der Waals surface area contributed by atoms with Crippen LogP contribution in [-0.4, -0.2) is 40.2 Å². The number of carbonyl (C=O) groups excluding carboxylic acids is 1. The lowest BCUT2D eigenvalue weighted by Crippen LogP contribution is -2.49.